The summed E-state index contributed by atoms with van der Waals surface area (Å²) in [5.41, 5.74) is 0. The van der Waals surface area contributed by atoms with E-state index in [1.54, 1.807) is 0 Å². The van der Waals surface area contributed by atoms with Gasteiger partial charge in [-0.3, -0.25) is 37.3 Å². The largest absolute Gasteiger partial charge is 0.472 e. The average Bonchev–Trinajstić information content (AvgIpc) is 1.36. The van der Waals surface area contributed by atoms with Crippen LogP contribution in [0.15, 0.2) is 72.9 Å². The summed E-state index contributed by atoms with van der Waals surface area (Å²) in [6.45, 7) is 4.78. The highest BCUT2D eigenvalue weighted by Crippen LogP contribution is 2.45. The van der Waals surface area contributed by atoms with Gasteiger partial charge in [0.1, 0.15) is 19.3 Å². The standard InChI is InChI=1S/C77H138O17P2/c1-5-9-13-17-21-25-29-33-35-39-42-46-50-54-58-62-75(80)88-68-73(94-77(82)64-60-56-52-48-44-40-36-34-30-26-22-18-14-10-6-2)70-92-96(85,86)90-66-71(78)65-89-95(83,84)91-69-72(93-76(81)63-59-55-51-47-43-38-32-28-24-20-16-12-8-4)67-87-74(79)61-57-53-49-45-41-37-31-27-23-19-15-11-7-3/h25-36,71-73,78H,5-24,37-70H2,1-4H3,(H,83,84)(H,85,86)/b29-25-,30-26-,31-27-,32-28-,35-33-,36-34-/t71-,72-,73-/m1/s1. The van der Waals surface area contributed by atoms with Gasteiger partial charge in [-0.2, -0.15) is 0 Å². The predicted octanol–water partition coefficient (Wildman–Crippen LogP) is 21.7. The smallest absolute Gasteiger partial charge is 0.462 e. The molecule has 0 heterocycles. The molecule has 0 saturated carbocycles. The second-order valence-electron chi connectivity index (χ2n) is 25.6. The molecule has 0 aromatic heterocycles. The van der Waals surface area contributed by atoms with Crippen molar-refractivity contribution in [3.63, 3.8) is 0 Å². The third-order valence-corrected chi connectivity index (χ3v) is 18.1. The first-order valence-electron chi connectivity index (χ1n) is 38.2. The van der Waals surface area contributed by atoms with Crippen LogP contribution >= 0.6 is 15.6 Å². The predicted molar refractivity (Wildman–Crippen MR) is 390 cm³/mol. The molecule has 0 fully saturated rings. The first-order valence-corrected chi connectivity index (χ1v) is 41.2. The van der Waals surface area contributed by atoms with Crippen molar-refractivity contribution in [2.24, 2.45) is 0 Å². The molecule has 0 aromatic rings. The number of hydrogen-bond donors (Lipinski definition) is 3. The molecular weight excluding hydrogens is 1260 g/mol. The number of hydrogen-bond acceptors (Lipinski definition) is 15. The number of phosphoric acid groups is 2. The van der Waals surface area contributed by atoms with E-state index in [0.29, 0.717) is 25.7 Å². The van der Waals surface area contributed by atoms with Gasteiger partial charge in [0, 0.05) is 25.7 Å². The van der Waals surface area contributed by atoms with Crippen molar-refractivity contribution in [1.29, 1.82) is 0 Å². The first kappa shape index (κ1) is 92.5. The van der Waals surface area contributed by atoms with Crippen LogP contribution in [0.5, 0.6) is 0 Å². The Bertz CT molecular complexity index is 2110. The van der Waals surface area contributed by atoms with Crippen molar-refractivity contribution in [3.8, 4) is 0 Å². The van der Waals surface area contributed by atoms with Crippen molar-refractivity contribution in [2.45, 2.75) is 354 Å². The fourth-order valence-electron chi connectivity index (χ4n) is 10.2. The van der Waals surface area contributed by atoms with Gasteiger partial charge in [0.25, 0.3) is 0 Å². The van der Waals surface area contributed by atoms with E-state index in [2.05, 4.69) is 101 Å². The molecule has 0 amide bonds. The Morgan fingerprint density at radius 3 is 0.781 bits per heavy atom. The van der Waals surface area contributed by atoms with Crippen molar-refractivity contribution in [2.75, 3.05) is 39.6 Å². The first-order chi connectivity index (χ1) is 46.7. The highest BCUT2D eigenvalue weighted by molar-refractivity contribution is 7.47. The van der Waals surface area contributed by atoms with Crippen LogP contribution in [0.3, 0.4) is 0 Å². The van der Waals surface area contributed by atoms with Crippen LogP contribution in [0.2, 0.25) is 0 Å². The second-order valence-corrected chi connectivity index (χ2v) is 28.5. The van der Waals surface area contributed by atoms with Gasteiger partial charge < -0.3 is 33.8 Å². The Morgan fingerprint density at radius 1 is 0.292 bits per heavy atom. The molecule has 0 spiro atoms. The number of aliphatic hydroxyl groups is 1. The van der Waals surface area contributed by atoms with Gasteiger partial charge in [-0.05, 0) is 128 Å². The van der Waals surface area contributed by atoms with Crippen LogP contribution in [0.1, 0.15) is 336 Å². The minimum absolute atomic E-state index is 0.0759. The van der Waals surface area contributed by atoms with Gasteiger partial charge in [0.2, 0.25) is 0 Å². The van der Waals surface area contributed by atoms with Crippen LogP contribution < -0.4 is 0 Å². The summed E-state index contributed by atoms with van der Waals surface area (Å²) >= 11 is 0. The maximum atomic E-state index is 13.1. The fourth-order valence-corrected chi connectivity index (χ4v) is 11.8. The zero-order valence-corrected chi connectivity index (χ0v) is 62.6. The summed E-state index contributed by atoms with van der Waals surface area (Å²) in [5, 5.41) is 10.6. The molecule has 0 aromatic carbocycles. The topological polar surface area (TPSA) is 237 Å². The molecule has 5 atom stereocenters. The van der Waals surface area contributed by atoms with Crippen molar-refractivity contribution in [3.05, 3.63) is 72.9 Å². The molecule has 0 saturated heterocycles. The Hall–Kier alpha value is -3.50. The van der Waals surface area contributed by atoms with Crippen LogP contribution in [-0.4, -0.2) is 96.7 Å². The summed E-state index contributed by atoms with van der Waals surface area (Å²) in [6, 6.07) is 0. The van der Waals surface area contributed by atoms with Crippen molar-refractivity contribution >= 4 is 39.5 Å². The van der Waals surface area contributed by atoms with Gasteiger partial charge in [-0.15, -0.1) is 0 Å². The van der Waals surface area contributed by atoms with Gasteiger partial charge in [-0.1, -0.05) is 255 Å². The van der Waals surface area contributed by atoms with Crippen LogP contribution in [0, 0.1) is 0 Å². The zero-order chi connectivity index (χ0) is 70.4. The number of carbonyl (C=O) groups excluding carboxylic acids is 4. The van der Waals surface area contributed by atoms with Crippen LogP contribution in [-0.2, 0) is 65.4 Å². The molecule has 558 valence electrons. The third kappa shape index (κ3) is 69.0. The van der Waals surface area contributed by atoms with Gasteiger partial charge >= 0.3 is 39.5 Å². The van der Waals surface area contributed by atoms with E-state index < -0.39 is 97.5 Å². The minimum atomic E-state index is -4.98. The highest BCUT2D eigenvalue weighted by Gasteiger charge is 2.30. The van der Waals surface area contributed by atoms with Gasteiger partial charge in [-0.25, -0.2) is 9.13 Å². The summed E-state index contributed by atoms with van der Waals surface area (Å²) < 4.78 is 68.4. The Kier molecular flexibility index (Phi) is 67.4. The molecule has 3 N–H and O–H groups in total. The van der Waals surface area contributed by atoms with Crippen LogP contribution in [0.25, 0.3) is 0 Å². The summed E-state index contributed by atoms with van der Waals surface area (Å²) in [6.07, 6.45) is 68.9. The molecule has 0 aliphatic carbocycles. The Morgan fingerprint density at radius 2 is 0.510 bits per heavy atom. The Balaban J connectivity index is 5.36. The van der Waals surface area contributed by atoms with Gasteiger partial charge in [0.05, 0.1) is 26.4 Å². The zero-order valence-electron chi connectivity index (χ0n) is 60.8. The number of esters is 4. The summed E-state index contributed by atoms with van der Waals surface area (Å²) in [4.78, 5) is 72.8. The van der Waals surface area contributed by atoms with E-state index in [1.807, 2.05) is 0 Å². The van der Waals surface area contributed by atoms with E-state index in [0.717, 1.165) is 154 Å². The SMILES string of the molecule is CCCCCC/C=C\C=C/CCCCCCCC(=O)OC[C@H](COP(=O)(O)OC[C@H](O)COP(=O)(O)OC[C@@H](COC(=O)CCCCCCC/C=C\CCCCCC)OC(=O)CCCCCCC/C=C\CCCCCC)OC(=O)CCCCCCC/C=C\C=C/CCCCCC. The number of ether oxygens (including phenoxy) is 4. The lowest BCUT2D eigenvalue weighted by Gasteiger charge is -2.21. The molecule has 0 bridgehead atoms. The fraction of sp³-hybridized carbons (Fsp3) is 0.792. The Labute approximate surface area is 583 Å². The number of phosphoric ester groups is 2. The van der Waals surface area contributed by atoms with E-state index in [-0.39, 0.29) is 25.7 Å². The molecular formula is C77H138O17P2. The average molecular weight is 1400 g/mol. The quantitative estimate of drug-likeness (QED) is 0.0128. The normalized spacial score (nSPS) is 14.4. The highest BCUT2D eigenvalue weighted by atomic mass is 31.2. The van der Waals surface area contributed by atoms with Crippen molar-refractivity contribution in [1.82, 2.24) is 0 Å². The second kappa shape index (κ2) is 70.0. The molecule has 0 aliphatic heterocycles. The molecule has 0 aliphatic rings. The van der Waals surface area contributed by atoms with E-state index in [9.17, 15) is 43.2 Å². The van der Waals surface area contributed by atoms with E-state index >= 15 is 0 Å². The molecule has 0 radical (unpaired) electrons. The number of allylic oxidation sites excluding steroid dienone is 12. The maximum absolute atomic E-state index is 13.1. The molecule has 2 unspecified atom stereocenters. The molecule has 0 rings (SSSR count). The van der Waals surface area contributed by atoms with E-state index in [4.69, 9.17) is 37.0 Å². The number of carbonyl (C=O) groups is 4. The lowest BCUT2D eigenvalue weighted by molar-refractivity contribution is -0.161. The summed E-state index contributed by atoms with van der Waals surface area (Å²) in [5.74, 6) is -2.21. The number of aliphatic hydroxyl groups excluding tert-OH is 1. The summed E-state index contributed by atoms with van der Waals surface area (Å²) in [7, 11) is -9.95. The lowest BCUT2D eigenvalue weighted by Crippen LogP contribution is -2.30. The maximum Gasteiger partial charge on any atom is 0.472 e. The van der Waals surface area contributed by atoms with Gasteiger partial charge in [0.15, 0.2) is 12.2 Å². The minimum Gasteiger partial charge on any atom is -0.462 e. The number of unbranched alkanes of at least 4 members (excludes halogenated alkanes) is 36. The molecule has 17 nitrogen and oxygen atoms in total. The monoisotopic (exact) mass is 1400 g/mol. The number of rotatable bonds is 72. The lowest BCUT2D eigenvalue weighted by atomic mass is 10.1. The molecule has 19 heteroatoms. The van der Waals surface area contributed by atoms with E-state index in [1.165, 1.54) is 103 Å². The molecule has 96 heavy (non-hydrogen) atoms. The third-order valence-electron chi connectivity index (χ3n) is 16.2. The van der Waals surface area contributed by atoms with Crippen molar-refractivity contribution < 1.29 is 80.2 Å². The van der Waals surface area contributed by atoms with Crippen LogP contribution in [0.4, 0.5) is 0 Å².